The molecule has 0 saturated heterocycles. The number of anilines is 1. The van der Waals surface area contributed by atoms with Crippen molar-refractivity contribution in [3.05, 3.63) is 82.6 Å². The average Bonchev–Trinajstić information content (AvgIpc) is 3.31. The summed E-state index contributed by atoms with van der Waals surface area (Å²) in [4.78, 5) is 25.5. The van der Waals surface area contributed by atoms with Gasteiger partial charge in [-0.15, -0.1) is 11.3 Å². The normalized spacial score (nSPS) is 12.1. The van der Waals surface area contributed by atoms with Crippen molar-refractivity contribution in [2.45, 2.75) is 24.5 Å². The number of carbonyl (C=O) groups is 2. The summed E-state index contributed by atoms with van der Waals surface area (Å²) < 4.78 is 32.0. The molecule has 1 atom stereocenters. The van der Waals surface area contributed by atoms with Gasteiger partial charge < -0.3 is 10.1 Å². The molecule has 0 bridgehead atoms. The molecule has 0 saturated carbocycles. The van der Waals surface area contributed by atoms with Crippen LogP contribution < -0.4 is 9.62 Å². The van der Waals surface area contributed by atoms with Gasteiger partial charge in [0.05, 0.1) is 22.7 Å². The van der Waals surface area contributed by atoms with Crippen LogP contribution in [0, 0.1) is 0 Å². The van der Waals surface area contributed by atoms with Crippen molar-refractivity contribution in [1.29, 1.82) is 0 Å². The van der Waals surface area contributed by atoms with Crippen molar-refractivity contribution < 1.29 is 22.7 Å². The Morgan fingerprint density at radius 3 is 2.32 bits per heavy atom. The Morgan fingerprint density at radius 2 is 1.71 bits per heavy atom. The fourth-order valence-electron chi connectivity index (χ4n) is 2.71. The SMILES string of the molecule is CC(OC(=O)c1ccc(S(=O)(=O)N(C)c2ccccc2)cc1)C(=O)NCc1cccs1. The maximum absolute atomic E-state index is 12.8. The van der Waals surface area contributed by atoms with Crippen LogP contribution in [0.4, 0.5) is 5.69 Å². The molecule has 9 heteroatoms. The van der Waals surface area contributed by atoms with Gasteiger partial charge in [-0.2, -0.15) is 0 Å². The first kappa shape index (κ1) is 22.5. The second-order valence-corrected chi connectivity index (χ2v) is 9.68. The van der Waals surface area contributed by atoms with E-state index in [-0.39, 0.29) is 10.5 Å². The first-order chi connectivity index (χ1) is 14.8. The molecule has 3 aromatic rings. The average molecular weight is 459 g/mol. The van der Waals surface area contributed by atoms with E-state index in [4.69, 9.17) is 4.74 Å². The lowest BCUT2D eigenvalue weighted by molar-refractivity contribution is -0.129. The van der Waals surface area contributed by atoms with Crippen LogP contribution in [0.5, 0.6) is 0 Å². The van der Waals surface area contributed by atoms with Gasteiger partial charge >= 0.3 is 5.97 Å². The van der Waals surface area contributed by atoms with Crippen LogP contribution in [0.25, 0.3) is 0 Å². The van der Waals surface area contributed by atoms with Gasteiger partial charge in [0.1, 0.15) is 0 Å². The molecule has 3 rings (SSSR count). The summed E-state index contributed by atoms with van der Waals surface area (Å²) in [5.74, 6) is -1.12. The Labute approximate surface area is 185 Å². The lowest BCUT2D eigenvalue weighted by Crippen LogP contribution is -2.35. The quantitative estimate of drug-likeness (QED) is 0.522. The predicted molar refractivity (Wildman–Crippen MR) is 120 cm³/mol. The molecule has 2 aromatic carbocycles. The molecule has 1 amide bonds. The molecule has 7 nitrogen and oxygen atoms in total. The van der Waals surface area contributed by atoms with Gasteiger partial charge in [-0.25, -0.2) is 13.2 Å². The number of esters is 1. The number of nitrogens with zero attached hydrogens (tertiary/aromatic N) is 1. The van der Waals surface area contributed by atoms with E-state index in [1.54, 1.807) is 30.3 Å². The van der Waals surface area contributed by atoms with Crippen LogP contribution in [-0.2, 0) is 26.1 Å². The zero-order valence-electron chi connectivity index (χ0n) is 17.0. The smallest absolute Gasteiger partial charge is 0.338 e. The molecule has 1 heterocycles. The fraction of sp³-hybridized carbons (Fsp3) is 0.182. The van der Waals surface area contributed by atoms with Crippen LogP contribution >= 0.6 is 11.3 Å². The van der Waals surface area contributed by atoms with Crippen LogP contribution in [-0.4, -0.2) is 33.4 Å². The molecule has 0 aliphatic carbocycles. The Balaban J connectivity index is 1.62. The van der Waals surface area contributed by atoms with Gasteiger partial charge in [-0.05, 0) is 54.8 Å². The highest BCUT2D eigenvalue weighted by Crippen LogP contribution is 2.22. The van der Waals surface area contributed by atoms with E-state index in [0.29, 0.717) is 12.2 Å². The molecule has 0 fully saturated rings. The number of ether oxygens (including phenoxy) is 1. The third-order valence-corrected chi connectivity index (χ3v) is 7.21. The van der Waals surface area contributed by atoms with E-state index in [9.17, 15) is 18.0 Å². The molecule has 0 aliphatic heterocycles. The van der Waals surface area contributed by atoms with E-state index in [1.807, 2.05) is 17.5 Å². The first-order valence-electron chi connectivity index (χ1n) is 9.44. The fourth-order valence-corrected chi connectivity index (χ4v) is 4.55. The standard InChI is InChI=1S/C22H22N2O5S2/c1-16(21(25)23-15-19-9-6-14-30-19)29-22(26)17-10-12-20(13-11-17)31(27,28)24(2)18-7-4-3-5-8-18/h3-14,16H,15H2,1-2H3,(H,23,25). The minimum Gasteiger partial charge on any atom is -0.449 e. The zero-order valence-corrected chi connectivity index (χ0v) is 18.7. The Bertz CT molecular complexity index is 1130. The third-order valence-electron chi connectivity index (χ3n) is 4.54. The summed E-state index contributed by atoms with van der Waals surface area (Å²) in [6, 6.07) is 17.9. The Kier molecular flexibility index (Phi) is 7.09. The summed E-state index contributed by atoms with van der Waals surface area (Å²) in [6.07, 6.45) is -0.986. The van der Waals surface area contributed by atoms with E-state index in [1.165, 1.54) is 53.9 Å². The molecular weight excluding hydrogens is 436 g/mol. The monoisotopic (exact) mass is 458 g/mol. The summed E-state index contributed by atoms with van der Waals surface area (Å²) in [7, 11) is -2.32. The number of nitrogens with one attached hydrogen (secondary N) is 1. The molecule has 1 N–H and O–H groups in total. The van der Waals surface area contributed by atoms with E-state index < -0.39 is 28.0 Å². The highest BCUT2D eigenvalue weighted by Gasteiger charge is 2.23. The number of para-hydroxylation sites is 1. The van der Waals surface area contributed by atoms with Gasteiger partial charge in [0.15, 0.2) is 6.10 Å². The van der Waals surface area contributed by atoms with Crippen LogP contribution in [0.1, 0.15) is 22.2 Å². The Morgan fingerprint density at radius 1 is 1.03 bits per heavy atom. The highest BCUT2D eigenvalue weighted by molar-refractivity contribution is 7.92. The number of sulfonamides is 1. The third kappa shape index (κ3) is 5.50. The molecule has 0 spiro atoms. The van der Waals surface area contributed by atoms with Crippen LogP contribution in [0.15, 0.2) is 77.0 Å². The number of thiophene rings is 1. The summed E-state index contributed by atoms with van der Waals surface area (Å²) in [6.45, 7) is 1.84. The number of amides is 1. The molecule has 0 radical (unpaired) electrons. The lowest BCUT2D eigenvalue weighted by atomic mass is 10.2. The van der Waals surface area contributed by atoms with Crippen molar-refractivity contribution in [1.82, 2.24) is 5.32 Å². The molecule has 31 heavy (non-hydrogen) atoms. The number of hydrogen-bond acceptors (Lipinski definition) is 6. The summed E-state index contributed by atoms with van der Waals surface area (Å²) in [5, 5.41) is 4.62. The van der Waals surface area contributed by atoms with Crippen molar-refractivity contribution in [3.63, 3.8) is 0 Å². The van der Waals surface area contributed by atoms with E-state index >= 15 is 0 Å². The van der Waals surface area contributed by atoms with Gasteiger partial charge in [-0.3, -0.25) is 9.10 Å². The minimum atomic E-state index is -3.78. The first-order valence-corrected chi connectivity index (χ1v) is 11.8. The molecule has 1 aromatic heterocycles. The van der Waals surface area contributed by atoms with E-state index in [2.05, 4.69) is 5.32 Å². The second-order valence-electron chi connectivity index (χ2n) is 6.68. The van der Waals surface area contributed by atoms with Crippen molar-refractivity contribution >= 4 is 38.9 Å². The number of hydrogen-bond donors (Lipinski definition) is 1. The topological polar surface area (TPSA) is 92.8 Å². The minimum absolute atomic E-state index is 0.0390. The summed E-state index contributed by atoms with van der Waals surface area (Å²) >= 11 is 1.52. The number of rotatable bonds is 8. The van der Waals surface area contributed by atoms with Gasteiger partial charge in [-0.1, -0.05) is 24.3 Å². The number of benzene rings is 2. The highest BCUT2D eigenvalue weighted by atomic mass is 32.2. The second kappa shape index (κ2) is 9.76. The summed E-state index contributed by atoms with van der Waals surface area (Å²) in [5.41, 5.74) is 0.674. The van der Waals surface area contributed by atoms with Crippen molar-refractivity contribution in [2.24, 2.45) is 0 Å². The Hall–Kier alpha value is -3.17. The van der Waals surface area contributed by atoms with Crippen LogP contribution in [0.3, 0.4) is 0 Å². The lowest BCUT2D eigenvalue weighted by Gasteiger charge is -2.19. The molecule has 0 aliphatic rings. The largest absolute Gasteiger partial charge is 0.449 e. The van der Waals surface area contributed by atoms with Crippen molar-refractivity contribution in [2.75, 3.05) is 11.4 Å². The van der Waals surface area contributed by atoms with Gasteiger partial charge in [0.2, 0.25) is 0 Å². The molecular formula is C22H22N2O5S2. The van der Waals surface area contributed by atoms with Gasteiger partial charge in [0, 0.05) is 11.9 Å². The number of carbonyl (C=O) groups excluding carboxylic acids is 2. The maximum Gasteiger partial charge on any atom is 0.338 e. The predicted octanol–water partition coefficient (Wildman–Crippen LogP) is 3.43. The van der Waals surface area contributed by atoms with Crippen molar-refractivity contribution in [3.8, 4) is 0 Å². The van der Waals surface area contributed by atoms with Crippen LogP contribution in [0.2, 0.25) is 0 Å². The molecule has 162 valence electrons. The maximum atomic E-state index is 12.8. The zero-order chi connectivity index (χ0) is 22.4. The molecule has 1 unspecified atom stereocenters. The van der Waals surface area contributed by atoms with E-state index in [0.717, 1.165) is 4.88 Å². The van der Waals surface area contributed by atoms with Gasteiger partial charge in [0.25, 0.3) is 15.9 Å².